The fourth-order valence-electron chi connectivity index (χ4n) is 4.42. The quantitative estimate of drug-likeness (QED) is 0.422. The second-order valence-corrected chi connectivity index (χ2v) is 8.18. The highest BCUT2D eigenvalue weighted by atomic mass is 19.4. The summed E-state index contributed by atoms with van der Waals surface area (Å²) in [4.78, 5) is 25.8. The minimum absolute atomic E-state index is 0.0160. The van der Waals surface area contributed by atoms with Crippen molar-refractivity contribution in [2.75, 3.05) is 12.3 Å². The molecule has 0 saturated carbocycles. The van der Waals surface area contributed by atoms with Crippen molar-refractivity contribution in [3.8, 4) is 0 Å². The number of aryl methyl sites for hydroxylation is 1. The van der Waals surface area contributed by atoms with Gasteiger partial charge in [0.05, 0.1) is 29.6 Å². The summed E-state index contributed by atoms with van der Waals surface area (Å²) in [5.74, 6) is -0.729. The van der Waals surface area contributed by atoms with Crippen LogP contribution >= 0.6 is 0 Å². The van der Waals surface area contributed by atoms with Crippen molar-refractivity contribution in [3.63, 3.8) is 0 Å². The Morgan fingerprint density at radius 2 is 1.86 bits per heavy atom. The van der Waals surface area contributed by atoms with Crippen LogP contribution in [0.3, 0.4) is 0 Å². The molecule has 0 spiro atoms. The van der Waals surface area contributed by atoms with Gasteiger partial charge in [-0.15, -0.1) is 0 Å². The molecular formula is C22H16F6N6O. The first-order valence-electron chi connectivity index (χ1n) is 10.4. The molecule has 1 aliphatic rings. The maximum atomic E-state index is 13.5. The molecule has 0 aliphatic heterocycles. The highest BCUT2D eigenvalue weighted by Gasteiger charge is 2.41. The maximum Gasteiger partial charge on any atom is 0.433 e. The first-order valence-corrected chi connectivity index (χ1v) is 10.4. The molecule has 182 valence electrons. The van der Waals surface area contributed by atoms with Crippen LogP contribution in [0.1, 0.15) is 39.8 Å². The van der Waals surface area contributed by atoms with Crippen LogP contribution in [-0.2, 0) is 12.6 Å². The number of rotatable bonds is 3. The summed E-state index contributed by atoms with van der Waals surface area (Å²) in [6, 6.07) is 4.93. The number of anilines is 1. The van der Waals surface area contributed by atoms with Crippen molar-refractivity contribution >= 4 is 28.3 Å². The summed E-state index contributed by atoms with van der Waals surface area (Å²) in [6.07, 6.45) is -6.48. The standard InChI is InChI=1S/C22H16F6N6O/c23-21(24,25)9-33(15-5-4-13-12(15)2-6-18(31-13)22(26,27)28)20(35)11-1-3-14-16(7-11)34-10-30-8-17(34)19(29)32-14/h1-3,6-8,10,15H,4-5,9H2,(H2,29,32). The smallest absolute Gasteiger partial charge is 0.382 e. The first kappa shape index (κ1) is 22.9. The van der Waals surface area contributed by atoms with E-state index in [0.29, 0.717) is 21.5 Å². The number of fused-ring (bicyclic) bond motifs is 4. The van der Waals surface area contributed by atoms with Gasteiger partial charge in [0.25, 0.3) is 5.91 Å². The van der Waals surface area contributed by atoms with Crippen molar-refractivity contribution in [1.29, 1.82) is 0 Å². The number of hydrogen-bond acceptors (Lipinski definition) is 5. The number of aromatic nitrogens is 4. The van der Waals surface area contributed by atoms with Gasteiger partial charge < -0.3 is 10.6 Å². The van der Waals surface area contributed by atoms with Crippen LogP contribution < -0.4 is 5.73 Å². The van der Waals surface area contributed by atoms with Gasteiger partial charge in [-0.05, 0) is 42.7 Å². The van der Waals surface area contributed by atoms with Crippen molar-refractivity contribution < 1.29 is 31.1 Å². The third kappa shape index (κ3) is 4.10. The number of benzene rings is 1. The van der Waals surface area contributed by atoms with Crippen LogP contribution in [0.5, 0.6) is 0 Å². The largest absolute Gasteiger partial charge is 0.433 e. The lowest BCUT2D eigenvalue weighted by molar-refractivity contribution is -0.144. The van der Waals surface area contributed by atoms with Gasteiger partial charge in [-0.2, -0.15) is 26.3 Å². The number of nitrogens with two attached hydrogens (primary N) is 1. The number of carbonyl (C=O) groups is 1. The number of alkyl halides is 6. The summed E-state index contributed by atoms with van der Waals surface area (Å²) < 4.78 is 81.2. The van der Waals surface area contributed by atoms with Crippen LogP contribution in [0.2, 0.25) is 0 Å². The monoisotopic (exact) mass is 494 g/mol. The SMILES string of the molecule is Nc1nc2ccc(C(=O)N(CC(F)(F)F)C3CCc4nc(C(F)(F)F)ccc43)cc2n2cncc12. The minimum atomic E-state index is -4.73. The van der Waals surface area contributed by atoms with E-state index in [0.717, 1.165) is 12.1 Å². The molecule has 3 aromatic heterocycles. The topological polar surface area (TPSA) is 89.4 Å². The number of hydrogen-bond donors (Lipinski definition) is 1. The lowest BCUT2D eigenvalue weighted by atomic mass is 10.1. The molecule has 2 N–H and O–H groups in total. The molecule has 5 rings (SSSR count). The van der Waals surface area contributed by atoms with Crippen molar-refractivity contribution in [2.45, 2.75) is 31.2 Å². The van der Waals surface area contributed by atoms with Gasteiger partial charge in [0.1, 0.15) is 23.6 Å². The Kier molecular flexibility index (Phi) is 5.11. The molecule has 1 amide bonds. The summed E-state index contributed by atoms with van der Waals surface area (Å²) in [6.45, 7) is -1.57. The van der Waals surface area contributed by atoms with Gasteiger partial charge in [-0.1, -0.05) is 6.07 Å². The molecule has 35 heavy (non-hydrogen) atoms. The van der Waals surface area contributed by atoms with Crippen LogP contribution in [0.15, 0.2) is 42.9 Å². The predicted octanol–water partition coefficient (Wildman–Crippen LogP) is 4.57. The zero-order valence-corrected chi connectivity index (χ0v) is 17.7. The third-order valence-electron chi connectivity index (χ3n) is 5.92. The molecule has 1 aliphatic carbocycles. The van der Waals surface area contributed by atoms with Crippen LogP contribution in [0.4, 0.5) is 32.2 Å². The number of carbonyl (C=O) groups excluding carboxylic acids is 1. The number of nitrogen functional groups attached to an aromatic ring is 1. The Morgan fingerprint density at radius 3 is 2.57 bits per heavy atom. The fourth-order valence-corrected chi connectivity index (χ4v) is 4.42. The fraction of sp³-hybridized carbons (Fsp3) is 0.273. The van der Waals surface area contributed by atoms with E-state index >= 15 is 0 Å². The van der Waals surface area contributed by atoms with Gasteiger partial charge >= 0.3 is 12.4 Å². The van der Waals surface area contributed by atoms with E-state index in [1.54, 1.807) is 4.40 Å². The summed E-state index contributed by atoms with van der Waals surface area (Å²) in [7, 11) is 0. The third-order valence-corrected chi connectivity index (χ3v) is 5.92. The molecule has 1 atom stereocenters. The second-order valence-electron chi connectivity index (χ2n) is 8.18. The average Bonchev–Trinajstić information content (AvgIpc) is 3.43. The summed E-state index contributed by atoms with van der Waals surface area (Å²) in [5.41, 5.74) is 6.20. The van der Waals surface area contributed by atoms with Crippen molar-refractivity contribution in [2.24, 2.45) is 0 Å². The van der Waals surface area contributed by atoms with E-state index < -0.39 is 36.5 Å². The lowest BCUT2D eigenvalue weighted by Gasteiger charge is -2.30. The number of imidazole rings is 1. The molecule has 0 saturated heterocycles. The van der Waals surface area contributed by atoms with Gasteiger partial charge in [-0.25, -0.2) is 15.0 Å². The zero-order valence-electron chi connectivity index (χ0n) is 17.7. The van der Waals surface area contributed by atoms with E-state index in [2.05, 4.69) is 15.0 Å². The van der Waals surface area contributed by atoms with E-state index in [1.807, 2.05) is 0 Å². The van der Waals surface area contributed by atoms with Crippen LogP contribution in [-0.4, -0.2) is 42.9 Å². The zero-order chi connectivity index (χ0) is 25.1. The predicted molar refractivity (Wildman–Crippen MR) is 112 cm³/mol. The van der Waals surface area contributed by atoms with Gasteiger partial charge in [0, 0.05) is 11.3 Å². The van der Waals surface area contributed by atoms with Crippen molar-refractivity contribution in [3.05, 3.63) is 65.4 Å². The Labute approximate surface area is 193 Å². The first-order chi connectivity index (χ1) is 16.4. The Balaban J connectivity index is 1.56. The highest BCUT2D eigenvalue weighted by molar-refractivity contribution is 5.98. The van der Waals surface area contributed by atoms with E-state index in [4.69, 9.17) is 5.73 Å². The minimum Gasteiger partial charge on any atom is -0.382 e. The number of amides is 1. The number of halogens is 6. The normalized spacial score (nSPS) is 16.1. The number of pyridine rings is 1. The number of nitrogens with zero attached hydrogens (tertiary/aromatic N) is 5. The molecule has 4 aromatic rings. The Bertz CT molecular complexity index is 1460. The highest BCUT2D eigenvalue weighted by Crippen LogP contribution is 2.39. The van der Waals surface area contributed by atoms with E-state index in [1.165, 1.54) is 30.7 Å². The Hall–Kier alpha value is -3.90. The van der Waals surface area contributed by atoms with E-state index in [-0.39, 0.29) is 35.5 Å². The molecule has 0 radical (unpaired) electrons. The van der Waals surface area contributed by atoms with Gasteiger partial charge in [0.2, 0.25) is 0 Å². The molecule has 7 nitrogen and oxygen atoms in total. The maximum absolute atomic E-state index is 13.5. The average molecular weight is 494 g/mol. The summed E-state index contributed by atoms with van der Waals surface area (Å²) >= 11 is 0. The molecule has 0 fully saturated rings. The molecule has 13 heteroatoms. The van der Waals surface area contributed by atoms with Crippen molar-refractivity contribution in [1.82, 2.24) is 24.3 Å². The molecule has 1 aromatic carbocycles. The summed E-state index contributed by atoms with van der Waals surface area (Å²) in [5, 5.41) is 0. The van der Waals surface area contributed by atoms with Gasteiger partial charge in [0.15, 0.2) is 0 Å². The molecular weight excluding hydrogens is 478 g/mol. The van der Waals surface area contributed by atoms with Crippen LogP contribution in [0.25, 0.3) is 16.6 Å². The molecule has 3 heterocycles. The second kappa shape index (κ2) is 7.82. The van der Waals surface area contributed by atoms with E-state index in [9.17, 15) is 31.1 Å². The Morgan fingerprint density at radius 1 is 1.09 bits per heavy atom. The molecule has 0 bridgehead atoms. The lowest BCUT2D eigenvalue weighted by Crippen LogP contribution is -2.41. The van der Waals surface area contributed by atoms with Gasteiger partial charge in [-0.3, -0.25) is 9.20 Å². The van der Waals surface area contributed by atoms with Crippen LogP contribution in [0, 0.1) is 0 Å². The molecule has 1 unspecified atom stereocenters.